The number of halogens is 1. The first kappa shape index (κ1) is 12.5. The Labute approximate surface area is 97.0 Å². The highest BCUT2D eigenvalue weighted by Gasteiger charge is 1.93. The Morgan fingerprint density at radius 3 is 2.73 bits per heavy atom. The van der Waals surface area contributed by atoms with Crippen molar-refractivity contribution in [1.29, 1.82) is 0 Å². The summed E-state index contributed by atoms with van der Waals surface area (Å²) in [6, 6.07) is 7.97. The molecular formula is C12H19ClN2. The Morgan fingerprint density at radius 1 is 1.20 bits per heavy atom. The van der Waals surface area contributed by atoms with Crippen molar-refractivity contribution in [3.05, 3.63) is 34.9 Å². The molecule has 0 heterocycles. The van der Waals surface area contributed by atoms with E-state index in [9.17, 15) is 0 Å². The van der Waals surface area contributed by atoms with Crippen LogP contribution in [0.2, 0.25) is 5.02 Å². The topological polar surface area (TPSA) is 24.1 Å². The minimum absolute atomic E-state index is 0.807. The molecule has 1 rings (SSSR count). The van der Waals surface area contributed by atoms with E-state index in [0.29, 0.717) is 0 Å². The zero-order valence-corrected chi connectivity index (χ0v) is 9.98. The molecule has 0 aliphatic heterocycles. The van der Waals surface area contributed by atoms with Crippen molar-refractivity contribution in [2.45, 2.75) is 19.9 Å². The standard InChI is InChI=1S/C12H19ClN2/c1-2-14-7-4-8-15-10-11-5-3-6-12(13)9-11/h3,5-6,9,14-15H,2,4,7-8,10H2,1H3. The summed E-state index contributed by atoms with van der Waals surface area (Å²) >= 11 is 5.89. The molecule has 1 aromatic rings. The minimum atomic E-state index is 0.807. The van der Waals surface area contributed by atoms with Crippen molar-refractivity contribution in [2.24, 2.45) is 0 Å². The molecule has 15 heavy (non-hydrogen) atoms. The molecule has 2 nitrogen and oxygen atoms in total. The van der Waals surface area contributed by atoms with Gasteiger partial charge in [-0.1, -0.05) is 30.7 Å². The first-order valence-corrected chi connectivity index (χ1v) is 5.86. The van der Waals surface area contributed by atoms with Crippen molar-refractivity contribution in [3.8, 4) is 0 Å². The molecule has 1 aromatic carbocycles. The number of hydrogen-bond acceptors (Lipinski definition) is 2. The van der Waals surface area contributed by atoms with Gasteiger partial charge in [-0.3, -0.25) is 0 Å². The maximum absolute atomic E-state index is 5.89. The van der Waals surface area contributed by atoms with Crippen LogP contribution in [0.15, 0.2) is 24.3 Å². The van der Waals surface area contributed by atoms with Crippen molar-refractivity contribution in [1.82, 2.24) is 10.6 Å². The summed E-state index contributed by atoms with van der Waals surface area (Å²) in [4.78, 5) is 0. The monoisotopic (exact) mass is 226 g/mol. The number of rotatable bonds is 7. The lowest BCUT2D eigenvalue weighted by Gasteiger charge is -2.05. The molecule has 0 saturated heterocycles. The fourth-order valence-electron chi connectivity index (χ4n) is 1.39. The van der Waals surface area contributed by atoms with Gasteiger partial charge in [0.15, 0.2) is 0 Å². The molecule has 0 saturated carbocycles. The van der Waals surface area contributed by atoms with Gasteiger partial charge in [0.1, 0.15) is 0 Å². The van der Waals surface area contributed by atoms with Crippen LogP contribution in [0.25, 0.3) is 0 Å². The lowest BCUT2D eigenvalue weighted by molar-refractivity contribution is 0.606. The fourth-order valence-corrected chi connectivity index (χ4v) is 1.61. The van der Waals surface area contributed by atoms with Gasteiger partial charge in [-0.05, 0) is 43.8 Å². The third-order valence-corrected chi connectivity index (χ3v) is 2.41. The van der Waals surface area contributed by atoms with E-state index in [4.69, 9.17) is 11.6 Å². The summed E-state index contributed by atoms with van der Waals surface area (Å²) in [5.41, 5.74) is 1.24. The molecule has 0 amide bonds. The zero-order chi connectivity index (χ0) is 10.9. The van der Waals surface area contributed by atoms with Crippen LogP contribution in [0.4, 0.5) is 0 Å². The largest absolute Gasteiger partial charge is 0.317 e. The highest BCUT2D eigenvalue weighted by atomic mass is 35.5. The van der Waals surface area contributed by atoms with E-state index in [1.54, 1.807) is 0 Å². The molecule has 0 unspecified atom stereocenters. The highest BCUT2D eigenvalue weighted by Crippen LogP contribution is 2.09. The number of nitrogens with one attached hydrogen (secondary N) is 2. The van der Waals surface area contributed by atoms with Crippen LogP contribution in [0.3, 0.4) is 0 Å². The van der Waals surface area contributed by atoms with Gasteiger partial charge in [-0.25, -0.2) is 0 Å². The predicted molar refractivity (Wildman–Crippen MR) is 66.3 cm³/mol. The second-order valence-electron chi connectivity index (χ2n) is 3.51. The van der Waals surface area contributed by atoms with Crippen LogP contribution >= 0.6 is 11.6 Å². The highest BCUT2D eigenvalue weighted by molar-refractivity contribution is 6.30. The quantitative estimate of drug-likeness (QED) is 0.698. The van der Waals surface area contributed by atoms with E-state index in [2.05, 4.69) is 23.6 Å². The van der Waals surface area contributed by atoms with E-state index in [1.165, 1.54) is 5.56 Å². The lowest BCUT2D eigenvalue weighted by atomic mass is 10.2. The second kappa shape index (κ2) is 7.69. The maximum atomic E-state index is 5.89. The van der Waals surface area contributed by atoms with Gasteiger partial charge in [0.2, 0.25) is 0 Å². The Bertz CT molecular complexity index is 276. The first-order valence-electron chi connectivity index (χ1n) is 5.49. The van der Waals surface area contributed by atoms with Gasteiger partial charge in [0.05, 0.1) is 0 Å². The fraction of sp³-hybridized carbons (Fsp3) is 0.500. The van der Waals surface area contributed by atoms with Gasteiger partial charge < -0.3 is 10.6 Å². The predicted octanol–water partition coefficient (Wildman–Crippen LogP) is 2.43. The third kappa shape index (κ3) is 5.78. The van der Waals surface area contributed by atoms with Gasteiger partial charge in [0.25, 0.3) is 0 Å². The van der Waals surface area contributed by atoms with Gasteiger partial charge in [-0.2, -0.15) is 0 Å². The normalized spacial score (nSPS) is 10.5. The van der Waals surface area contributed by atoms with Crippen molar-refractivity contribution in [2.75, 3.05) is 19.6 Å². The number of hydrogen-bond donors (Lipinski definition) is 2. The average molecular weight is 227 g/mol. The molecule has 0 bridgehead atoms. The lowest BCUT2D eigenvalue weighted by Crippen LogP contribution is -2.21. The number of benzene rings is 1. The Hall–Kier alpha value is -0.570. The van der Waals surface area contributed by atoms with Crippen LogP contribution in [-0.4, -0.2) is 19.6 Å². The molecule has 3 heteroatoms. The summed E-state index contributed by atoms with van der Waals surface area (Å²) < 4.78 is 0. The van der Waals surface area contributed by atoms with Gasteiger partial charge in [-0.15, -0.1) is 0 Å². The zero-order valence-electron chi connectivity index (χ0n) is 9.22. The summed E-state index contributed by atoms with van der Waals surface area (Å²) in [6.07, 6.45) is 1.16. The summed E-state index contributed by atoms with van der Waals surface area (Å²) in [5.74, 6) is 0. The molecule has 0 fully saturated rings. The molecule has 0 aliphatic carbocycles. The molecule has 0 radical (unpaired) electrons. The molecule has 2 N–H and O–H groups in total. The molecule has 0 spiro atoms. The van der Waals surface area contributed by atoms with E-state index in [-0.39, 0.29) is 0 Å². The Balaban J connectivity index is 2.10. The van der Waals surface area contributed by atoms with Gasteiger partial charge >= 0.3 is 0 Å². The molecular weight excluding hydrogens is 208 g/mol. The third-order valence-electron chi connectivity index (χ3n) is 2.18. The van der Waals surface area contributed by atoms with Crippen molar-refractivity contribution >= 4 is 11.6 Å². The average Bonchev–Trinajstić information content (AvgIpc) is 2.23. The molecule has 0 atom stereocenters. The van der Waals surface area contributed by atoms with Crippen LogP contribution in [0.1, 0.15) is 18.9 Å². The minimum Gasteiger partial charge on any atom is -0.317 e. The molecule has 0 aliphatic rings. The summed E-state index contributed by atoms with van der Waals surface area (Å²) in [6.45, 7) is 6.19. The first-order chi connectivity index (χ1) is 7.33. The maximum Gasteiger partial charge on any atom is 0.0409 e. The van der Waals surface area contributed by atoms with E-state index < -0.39 is 0 Å². The summed E-state index contributed by atoms with van der Waals surface area (Å²) in [7, 11) is 0. The SMILES string of the molecule is CCNCCCNCc1cccc(Cl)c1. The van der Waals surface area contributed by atoms with Crippen LogP contribution in [0, 0.1) is 0 Å². The second-order valence-corrected chi connectivity index (χ2v) is 3.95. The van der Waals surface area contributed by atoms with Crippen LogP contribution in [-0.2, 0) is 6.54 Å². The van der Waals surface area contributed by atoms with Crippen LogP contribution in [0.5, 0.6) is 0 Å². The Morgan fingerprint density at radius 2 is 2.00 bits per heavy atom. The Kier molecular flexibility index (Phi) is 6.41. The molecule has 84 valence electrons. The van der Waals surface area contributed by atoms with Crippen LogP contribution < -0.4 is 10.6 Å². The van der Waals surface area contributed by atoms with E-state index >= 15 is 0 Å². The van der Waals surface area contributed by atoms with E-state index in [1.807, 2.05) is 18.2 Å². The smallest absolute Gasteiger partial charge is 0.0409 e. The van der Waals surface area contributed by atoms with E-state index in [0.717, 1.165) is 37.6 Å². The van der Waals surface area contributed by atoms with Crippen molar-refractivity contribution in [3.63, 3.8) is 0 Å². The summed E-state index contributed by atoms with van der Waals surface area (Å²) in [5, 5.41) is 7.49. The molecule has 0 aromatic heterocycles. The van der Waals surface area contributed by atoms with Crippen molar-refractivity contribution < 1.29 is 0 Å². The van der Waals surface area contributed by atoms with Gasteiger partial charge in [0, 0.05) is 11.6 Å².